The molecule has 7 heteroatoms. The number of nitrogens with zero attached hydrogens (tertiary/aromatic N) is 1. The lowest BCUT2D eigenvalue weighted by atomic mass is 10.2. The second-order valence-electron chi connectivity index (χ2n) is 4.86. The predicted octanol–water partition coefficient (Wildman–Crippen LogP) is -0.211. The van der Waals surface area contributed by atoms with Crippen LogP contribution in [-0.4, -0.2) is 63.0 Å². The molecule has 1 aliphatic heterocycles. The maximum Gasteiger partial charge on any atom is 0.216 e. The van der Waals surface area contributed by atoms with Crippen molar-refractivity contribution in [2.24, 2.45) is 5.73 Å². The molecule has 1 rings (SSSR count). The molecule has 2 unspecified atom stereocenters. The number of morpholine rings is 1. The van der Waals surface area contributed by atoms with Crippen LogP contribution in [0.15, 0.2) is 0 Å². The number of rotatable bonds is 6. The van der Waals surface area contributed by atoms with E-state index in [4.69, 9.17) is 15.2 Å². The Hall–Kier alpha value is -0.210. The van der Waals surface area contributed by atoms with E-state index in [1.165, 1.54) is 4.31 Å². The lowest BCUT2D eigenvalue weighted by Crippen LogP contribution is -2.52. The van der Waals surface area contributed by atoms with E-state index in [1.807, 2.05) is 20.8 Å². The Bertz CT molecular complexity index is 345. The average molecular weight is 280 g/mol. The fourth-order valence-electron chi connectivity index (χ4n) is 1.88. The molecule has 0 aromatic rings. The van der Waals surface area contributed by atoms with Gasteiger partial charge in [0.05, 0.1) is 30.7 Å². The van der Waals surface area contributed by atoms with E-state index in [1.54, 1.807) is 0 Å². The van der Waals surface area contributed by atoms with E-state index >= 15 is 0 Å². The van der Waals surface area contributed by atoms with Crippen molar-refractivity contribution < 1.29 is 17.9 Å². The lowest BCUT2D eigenvalue weighted by Gasteiger charge is -2.35. The molecule has 108 valence electrons. The molecule has 0 bridgehead atoms. The van der Waals surface area contributed by atoms with Crippen LogP contribution in [0.2, 0.25) is 0 Å². The molecule has 0 radical (unpaired) electrons. The molecule has 2 N–H and O–H groups in total. The van der Waals surface area contributed by atoms with Gasteiger partial charge in [0.2, 0.25) is 10.0 Å². The molecule has 0 aromatic heterocycles. The maximum atomic E-state index is 12.1. The Kier molecular flexibility index (Phi) is 6.00. The van der Waals surface area contributed by atoms with Crippen LogP contribution in [0.1, 0.15) is 20.8 Å². The number of sulfonamides is 1. The molecule has 1 fully saturated rings. The quantitative estimate of drug-likeness (QED) is 0.728. The van der Waals surface area contributed by atoms with Crippen LogP contribution in [0.5, 0.6) is 0 Å². The average Bonchev–Trinajstić information content (AvgIpc) is 2.27. The Balaban J connectivity index is 2.55. The maximum absolute atomic E-state index is 12.1. The van der Waals surface area contributed by atoms with Crippen molar-refractivity contribution in [3.05, 3.63) is 0 Å². The van der Waals surface area contributed by atoms with E-state index in [9.17, 15) is 8.42 Å². The zero-order valence-corrected chi connectivity index (χ0v) is 12.1. The van der Waals surface area contributed by atoms with Gasteiger partial charge in [-0.1, -0.05) is 0 Å². The van der Waals surface area contributed by atoms with Crippen molar-refractivity contribution in [1.82, 2.24) is 4.31 Å². The molecular formula is C11H24N2O4S. The zero-order chi connectivity index (χ0) is 13.8. The summed E-state index contributed by atoms with van der Waals surface area (Å²) in [6.45, 7) is 6.90. The number of hydrogen-bond acceptors (Lipinski definition) is 5. The minimum absolute atomic E-state index is 0.00912. The van der Waals surface area contributed by atoms with Crippen molar-refractivity contribution in [2.75, 3.05) is 32.0 Å². The van der Waals surface area contributed by atoms with Gasteiger partial charge in [0.25, 0.3) is 0 Å². The first-order valence-electron chi connectivity index (χ1n) is 6.30. The molecule has 1 aliphatic rings. The zero-order valence-electron chi connectivity index (χ0n) is 11.3. The smallest absolute Gasteiger partial charge is 0.216 e. The number of nitrogens with two attached hydrogens (primary N) is 1. The summed E-state index contributed by atoms with van der Waals surface area (Å²) >= 11 is 0. The van der Waals surface area contributed by atoms with Crippen LogP contribution in [0.4, 0.5) is 0 Å². The Morgan fingerprint density at radius 3 is 2.67 bits per heavy atom. The molecular weight excluding hydrogens is 256 g/mol. The second kappa shape index (κ2) is 6.81. The van der Waals surface area contributed by atoms with Gasteiger partial charge in [-0.15, -0.1) is 0 Å². The van der Waals surface area contributed by atoms with E-state index in [0.717, 1.165) is 0 Å². The van der Waals surface area contributed by atoms with Crippen LogP contribution in [0.3, 0.4) is 0 Å². The van der Waals surface area contributed by atoms with Crippen LogP contribution < -0.4 is 5.73 Å². The van der Waals surface area contributed by atoms with Gasteiger partial charge in [-0.2, -0.15) is 4.31 Å². The minimum atomic E-state index is -3.28. The first-order chi connectivity index (χ1) is 8.35. The summed E-state index contributed by atoms with van der Waals surface area (Å²) in [7, 11) is -3.28. The SMILES string of the molecule is CC(C)OCCS(=O)(=O)N1CC(C)OC(CN)C1. The fraction of sp³-hybridized carbons (Fsp3) is 1.00. The van der Waals surface area contributed by atoms with Gasteiger partial charge in [-0.3, -0.25) is 0 Å². The van der Waals surface area contributed by atoms with Crippen molar-refractivity contribution in [2.45, 2.75) is 39.1 Å². The molecule has 1 heterocycles. The van der Waals surface area contributed by atoms with Crippen LogP contribution in [-0.2, 0) is 19.5 Å². The van der Waals surface area contributed by atoms with Crippen molar-refractivity contribution in [3.63, 3.8) is 0 Å². The third-order valence-corrected chi connectivity index (χ3v) is 4.51. The van der Waals surface area contributed by atoms with Gasteiger partial charge >= 0.3 is 0 Å². The van der Waals surface area contributed by atoms with Gasteiger partial charge in [0, 0.05) is 19.6 Å². The molecule has 0 aromatic carbocycles. The molecule has 0 amide bonds. The number of ether oxygens (including phenoxy) is 2. The third kappa shape index (κ3) is 4.81. The summed E-state index contributed by atoms with van der Waals surface area (Å²) in [5.74, 6) is 0.00912. The highest BCUT2D eigenvalue weighted by Crippen LogP contribution is 2.14. The normalized spacial score (nSPS) is 26.7. The van der Waals surface area contributed by atoms with E-state index in [2.05, 4.69) is 0 Å². The monoisotopic (exact) mass is 280 g/mol. The molecule has 6 nitrogen and oxygen atoms in total. The second-order valence-corrected chi connectivity index (χ2v) is 6.95. The summed E-state index contributed by atoms with van der Waals surface area (Å²) in [6.07, 6.45) is -0.289. The third-order valence-electron chi connectivity index (χ3n) is 2.74. The van der Waals surface area contributed by atoms with Gasteiger partial charge in [-0.05, 0) is 20.8 Å². The molecule has 2 atom stereocenters. The lowest BCUT2D eigenvalue weighted by molar-refractivity contribution is -0.0488. The van der Waals surface area contributed by atoms with Crippen LogP contribution >= 0.6 is 0 Å². The summed E-state index contributed by atoms with van der Waals surface area (Å²) in [5.41, 5.74) is 5.54. The fourth-order valence-corrected chi connectivity index (χ4v) is 3.27. The Morgan fingerprint density at radius 1 is 1.44 bits per heavy atom. The Morgan fingerprint density at radius 2 is 2.11 bits per heavy atom. The predicted molar refractivity (Wildman–Crippen MR) is 69.8 cm³/mol. The van der Waals surface area contributed by atoms with E-state index in [0.29, 0.717) is 19.6 Å². The summed E-state index contributed by atoms with van der Waals surface area (Å²) in [6, 6.07) is 0. The van der Waals surface area contributed by atoms with Gasteiger partial charge < -0.3 is 15.2 Å². The standard InChI is InChI=1S/C11H24N2O4S/c1-9(2)16-4-5-18(14,15)13-7-10(3)17-11(6-12)8-13/h9-11H,4-8,12H2,1-3H3. The summed E-state index contributed by atoms with van der Waals surface area (Å²) < 4.78 is 36.5. The molecule has 18 heavy (non-hydrogen) atoms. The van der Waals surface area contributed by atoms with Gasteiger partial charge in [-0.25, -0.2) is 8.42 Å². The number of hydrogen-bond donors (Lipinski definition) is 1. The first-order valence-corrected chi connectivity index (χ1v) is 7.91. The highest BCUT2D eigenvalue weighted by Gasteiger charge is 2.31. The summed E-state index contributed by atoms with van der Waals surface area (Å²) in [4.78, 5) is 0. The molecule has 1 saturated heterocycles. The highest BCUT2D eigenvalue weighted by atomic mass is 32.2. The first kappa shape index (κ1) is 15.8. The summed E-state index contributed by atoms with van der Waals surface area (Å²) in [5, 5.41) is 0. The van der Waals surface area contributed by atoms with Crippen molar-refractivity contribution in [1.29, 1.82) is 0 Å². The van der Waals surface area contributed by atoms with Crippen molar-refractivity contribution >= 4 is 10.0 Å². The minimum Gasteiger partial charge on any atom is -0.378 e. The van der Waals surface area contributed by atoms with E-state index in [-0.39, 0.29) is 30.7 Å². The van der Waals surface area contributed by atoms with Crippen molar-refractivity contribution in [3.8, 4) is 0 Å². The highest BCUT2D eigenvalue weighted by molar-refractivity contribution is 7.89. The molecule has 0 spiro atoms. The Labute approximate surface area is 109 Å². The molecule has 0 aliphatic carbocycles. The largest absolute Gasteiger partial charge is 0.378 e. The topological polar surface area (TPSA) is 81.9 Å². The van der Waals surface area contributed by atoms with Gasteiger partial charge in [0.15, 0.2) is 0 Å². The molecule has 0 saturated carbocycles. The van der Waals surface area contributed by atoms with Crippen LogP contribution in [0, 0.1) is 0 Å². The van der Waals surface area contributed by atoms with E-state index < -0.39 is 10.0 Å². The van der Waals surface area contributed by atoms with Crippen LogP contribution in [0.25, 0.3) is 0 Å². The van der Waals surface area contributed by atoms with Gasteiger partial charge in [0.1, 0.15) is 0 Å².